The van der Waals surface area contributed by atoms with Crippen LogP contribution in [0.25, 0.3) is 22.4 Å². The van der Waals surface area contributed by atoms with Gasteiger partial charge in [-0.1, -0.05) is 88.6 Å². The van der Waals surface area contributed by atoms with Crippen LogP contribution in [-0.2, 0) is 0 Å². The number of hydrogen-bond donors (Lipinski definition) is 2. The first-order chi connectivity index (χ1) is 15.7. The lowest BCUT2D eigenvalue weighted by Crippen LogP contribution is -2.80. The summed E-state index contributed by atoms with van der Waals surface area (Å²) in [7, 11) is -6.00. The van der Waals surface area contributed by atoms with Crippen molar-refractivity contribution in [3.8, 4) is 22.4 Å². The van der Waals surface area contributed by atoms with Gasteiger partial charge in [0.25, 0.3) is 0 Å². The average molecular weight is 454 g/mol. The van der Waals surface area contributed by atoms with E-state index in [-0.39, 0.29) is 11.5 Å². The van der Waals surface area contributed by atoms with Crippen LogP contribution in [0.5, 0.6) is 0 Å². The number of pyridine rings is 1. The molecule has 0 fully saturated rings. The molecule has 0 saturated heterocycles. The van der Waals surface area contributed by atoms with Gasteiger partial charge in [-0.25, -0.2) is 0 Å². The second kappa shape index (κ2) is 10.5. The molecule has 168 valence electrons. The monoisotopic (exact) mass is 454 g/mol. The Balaban J connectivity index is 0.000000555. The minimum Gasteiger partial charge on any atom is -0.458 e. The lowest BCUT2D eigenvalue weighted by Gasteiger charge is -2.08. The van der Waals surface area contributed by atoms with E-state index in [9.17, 15) is 27.2 Å². The first kappa shape index (κ1) is 23.5. The summed E-state index contributed by atoms with van der Waals surface area (Å²) in [6.45, 7) is 0. The highest BCUT2D eigenvalue weighted by Crippen LogP contribution is 2.23. The highest BCUT2D eigenvalue weighted by molar-refractivity contribution is 6.50. The second-order valence-corrected chi connectivity index (χ2v) is 6.86. The summed E-state index contributed by atoms with van der Waals surface area (Å²) in [5.74, 6) is -0.0904. The van der Waals surface area contributed by atoms with Crippen molar-refractivity contribution >= 4 is 13.2 Å². The maximum absolute atomic E-state index is 13.0. The molecule has 0 unspecified atom stereocenters. The van der Waals surface area contributed by atoms with E-state index in [1.165, 1.54) is 4.68 Å². The van der Waals surface area contributed by atoms with Gasteiger partial charge in [0.05, 0.1) is 5.56 Å². The quantitative estimate of drug-likeness (QED) is 0.209. The van der Waals surface area contributed by atoms with Crippen LogP contribution in [0, 0.1) is 0 Å². The van der Waals surface area contributed by atoms with E-state index in [1.807, 2.05) is 84.9 Å². The van der Waals surface area contributed by atoms with E-state index in [0.29, 0.717) is 11.3 Å². The Hall–Kier alpha value is -4.14. The molecule has 2 N–H and O–H groups in total. The van der Waals surface area contributed by atoms with Crippen molar-refractivity contribution in [3.63, 3.8) is 0 Å². The fraction of sp³-hybridized carbons (Fsp3) is 0. The van der Waals surface area contributed by atoms with Crippen molar-refractivity contribution < 1.29 is 27.5 Å². The molecule has 0 radical (unpaired) electrons. The minimum atomic E-state index is -6.00. The average Bonchev–Trinajstić information content (AvgIpc) is 2.81. The Kier molecular flexibility index (Phi) is 7.45. The molecule has 4 rings (SSSR count). The van der Waals surface area contributed by atoms with Crippen molar-refractivity contribution in [2.24, 2.45) is 0 Å². The van der Waals surface area contributed by atoms with E-state index in [2.05, 4.69) is 5.10 Å². The first-order valence-electron chi connectivity index (χ1n) is 9.86. The van der Waals surface area contributed by atoms with E-state index in [4.69, 9.17) is 0 Å². The number of nitrogens with one attached hydrogen (secondary N) is 1. The van der Waals surface area contributed by atoms with E-state index >= 15 is 0 Å². The molecule has 4 aromatic rings. The number of aromatic nitrogens is 1. The van der Waals surface area contributed by atoms with Crippen LogP contribution in [0.1, 0.15) is 5.56 Å². The SMILES string of the molecule is F[B-](F)(F)F.O=c1cc(-c2ccccc2)cc(-c2ccccc2)n1/[NH+]=C(\O)c1ccccc1. The molecule has 1 heterocycles. The summed E-state index contributed by atoms with van der Waals surface area (Å²) in [6, 6.07) is 31.9. The molecule has 4 nitrogen and oxygen atoms in total. The van der Waals surface area contributed by atoms with Crippen LogP contribution in [0.2, 0.25) is 0 Å². The number of rotatable bonds is 4. The second-order valence-electron chi connectivity index (χ2n) is 6.86. The van der Waals surface area contributed by atoms with Crippen LogP contribution in [0.4, 0.5) is 17.3 Å². The van der Waals surface area contributed by atoms with Crippen LogP contribution >= 0.6 is 0 Å². The molecule has 0 aliphatic heterocycles. The van der Waals surface area contributed by atoms with Crippen molar-refractivity contribution in [3.05, 3.63) is 119 Å². The van der Waals surface area contributed by atoms with Crippen molar-refractivity contribution in [1.29, 1.82) is 0 Å². The topological polar surface area (TPSA) is 56.2 Å². The summed E-state index contributed by atoms with van der Waals surface area (Å²) in [4.78, 5) is 13.0. The number of benzene rings is 3. The molecule has 0 amide bonds. The molecule has 3 aromatic carbocycles. The van der Waals surface area contributed by atoms with Gasteiger partial charge in [0.1, 0.15) is 5.69 Å². The first-order valence-corrected chi connectivity index (χ1v) is 9.86. The van der Waals surface area contributed by atoms with Gasteiger partial charge in [-0.15, -0.1) is 0 Å². The normalized spacial score (nSPS) is 11.5. The number of aliphatic hydroxyl groups is 1. The zero-order valence-electron chi connectivity index (χ0n) is 17.2. The molecule has 0 bridgehead atoms. The summed E-state index contributed by atoms with van der Waals surface area (Å²) in [5, 5.41) is 13.4. The van der Waals surface area contributed by atoms with Crippen molar-refractivity contribution in [2.75, 3.05) is 0 Å². The highest BCUT2D eigenvalue weighted by atomic mass is 19.5. The van der Waals surface area contributed by atoms with Gasteiger partial charge in [0, 0.05) is 11.6 Å². The predicted molar refractivity (Wildman–Crippen MR) is 121 cm³/mol. The van der Waals surface area contributed by atoms with Gasteiger partial charge in [-0.3, -0.25) is 4.79 Å². The molecule has 0 saturated carbocycles. The fourth-order valence-corrected chi connectivity index (χ4v) is 3.07. The molecule has 0 aliphatic carbocycles. The van der Waals surface area contributed by atoms with Gasteiger partial charge in [0.15, 0.2) is 0 Å². The Labute approximate surface area is 187 Å². The third-order valence-corrected chi connectivity index (χ3v) is 4.47. The molecule has 1 aromatic heterocycles. The lowest BCUT2D eigenvalue weighted by molar-refractivity contribution is -0.532. The standard InChI is InChI=1S/C24H18N2O2.BF4/c27-23-17-21(18-10-4-1-5-11-18)16-22(19-12-6-2-7-13-19)26(23)25-24(28)20-14-8-3-9-15-20;2-1(3,4)5/h1-17H,(H,25,28);/q;-1/p+1. The lowest BCUT2D eigenvalue weighted by atomic mass is 10.0. The Morgan fingerprint density at radius 1 is 0.697 bits per heavy atom. The number of hydrogen-bond acceptors (Lipinski definition) is 1. The maximum Gasteiger partial charge on any atom is 0.673 e. The largest absolute Gasteiger partial charge is 0.673 e. The van der Waals surface area contributed by atoms with Gasteiger partial charge in [-0.05, 0) is 29.3 Å². The van der Waals surface area contributed by atoms with E-state index in [0.717, 1.165) is 16.7 Å². The van der Waals surface area contributed by atoms with Crippen molar-refractivity contribution in [2.45, 2.75) is 0 Å². The maximum atomic E-state index is 13.0. The Morgan fingerprint density at radius 2 is 1.15 bits per heavy atom. The molecular formula is C24H19BF4N2O2. The summed E-state index contributed by atoms with van der Waals surface area (Å²) in [6.07, 6.45) is 0. The minimum absolute atomic E-state index is 0.0904. The van der Waals surface area contributed by atoms with Crippen molar-refractivity contribution in [1.82, 2.24) is 4.68 Å². The van der Waals surface area contributed by atoms with Gasteiger partial charge >= 0.3 is 18.7 Å². The molecular weight excluding hydrogens is 435 g/mol. The fourth-order valence-electron chi connectivity index (χ4n) is 3.07. The predicted octanol–water partition coefficient (Wildman–Crippen LogP) is 4.33. The highest BCUT2D eigenvalue weighted by Gasteiger charge is 2.20. The summed E-state index contributed by atoms with van der Waals surface area (Å²) >= 11 is 0. The number of nitrogens with zero attached hydrogens (tertiary/aromatic N) is 1. The van der Waals surface area contributed by atoms with E-state index < -0.39 is 7.25 Å². The van der Waals surface area contributed by atoms with Gasteiger partial charge < -0.3 is 22.4 Å². The van der Waals surface area contributed by atoms with Crippen LogP contribution in [0.3, 0.4) is 0 Å². The van der Waals surface area contributed by atoms with Gasteiger partial charge in [0.2, 0.25) is 0 Å². The van der Waals surface area contributed by atoms with Crippen LogP contribution in [0.15, 0.2) is 108 Å². The third-order valence-electron chi connectivity index (χ3n) is 4.47. The third kappa shape index (κ3) is 6.93. The number of halogens is 4. The molecule has 9 heteroatoms. The van der Waals surface area contributed by atoms with Crippen LogP contribution < -0.4 is 10.7 Å². The summed E-state index contributed by atoms with van der Waals surface area (Å²) in [5.41, 5.74) is 3.64. The molecule has 0 spiro atoms. The zero-order chi connectivity index (χ0) is 23.8. The number of aliphatic hydroxyl groups excluding tert-OH is 1. The molecule has 0 atom stereocenters. The summed E-state index contributed by atoms with van der Waals surface area (Å²) < 4.78 is 40.4. The zero-order valence-corrected chi connectivity index (χ0v) is 17.2. The molecule has 0 aliphatic rings. The van der Waals surface area contributed by atoms with Gasteiger partial charge in [-0.2, -0.15) is 0 Å². The van der Waals surface area contributed by atoms with Crippen LogP contribution in [-0.4, -0.2) is 22.9 Å². The Morgan fingerprint density at radius 3 is 1.67 bits per heavy atom. The molecule has 33 heavy (non-hydrogen) atoms. The Bertz CT molecular complexity index is 1270. The smallest absolute Gasteiger partial charge is 0.458 e. The van der Waals surface area contributed by atoms with E-state index in [1.54, 1.807) is 18.2 Å².